The van der Waals surface area contributed by atoms with E-state index in [1.807, 2.05) is 37.3 Å². The summed E-state index contributed by atoms with van der Waals surface area (Å²) in [6.07, 6.45) is 1.56. The third-order valence-electron chi connectivity index (χ3n) is 3.85. The first-order valence-electron chi connectivity index (χ1n) is 8.47. The van der Waals surface area contributed by atoms with Crippen LogP contribution in [0.4, 0.5) is 0 Å². The van der Waals surface area contributed by atoms with Crippen molar-refractivity contribution < 1.29 is 19.2 Å². The molecule has 1 aromatic carbocycles. The Hall–Kier alpha value is -2.81. The molecular weight excluding hydrogens is 368 g/mol. The molecule has 0 radical (unpaired) electrons. The standard InChI is InChI=1S/C18H20N4O4S/c1-3-4-16-19-20-18(22(16)10-17(23)24)27-11-14-9-15(21-26-14)12-5-7-13(25-2)8-6-12/h5-9H,3-4,10-11H2,1-2H3,(H,23,24). The minimum atomic E-state index is -0.921. The van der Waals surface area contributed by atoms with Gasteiger partial charge in [-0.05, 0) is 30.7 Å². The maximum absolute atomic E-state index is 11.1. The van der Waals surface area contributed by atoms with Crippen LogP contribution in [0.1, 0.15) is 24.9 Å². The first kappa shape index (κ1) is 19.0. The number of benzene rings is 1. The highest BCUT2D eigenvalue weighted by molar-refractivity contribution is 7.98. The van der Waals surface area contributed by atoms with Crippen molar-refractivity contribution in [3.8, 4) is 17.0 Å². The van der Waals surface area contributed by atoms with Gasteiger partial charge in [0.05, 0.1) is 12.9 Å². The summed E-state index contributed by atoms with van der Waals surface area (Å²) in [5, 5.41) is 22.0. The molecule has 2 aromatic heterocycles. The maximum atomic E-state index is 11.1. The van der Waals surface area contributed by atoms with Crippen molar-refractivity contribution in [3.05, 3.63) is 41.9 Å². The van der Waals surface area contributed by atoms with Gasteiger partial charge in [0.25, 0.3) is 0 Å². The third kappa shape index (κ3) is 4.68. The molecule has 0 amide bonds. The lowest BCUT2D eigenvalue weighted by molar-refractivity contribution is -0.137. The number of carbonyl (C=O) groups is 1. The number of rotatable bonds is 9. The smallest absolute Gasteiger partial charge is 0.323 e. The molecule has 3 rings (SSSR count). The minimum Gasteiger partial charge on any atom is -0.497 e. The number of methoxy groups -OCH3 is 1. The Morgan fingerprint density at radius 2 is 2.07 bits per heavy atom. The highest BCUT2D eigenvalue weighted by Crippen LogP contribution is 2.26. The van der Waals surface area contributed by atoms with E-state index >= 15 is 0 Å². The Kier molecular flexibility index (Phi) is 6.12. The lowest BCUT2D eigenvalue weighted by Gasteiger charge is -2.05. The molecular formula is C18H20N4O4S. The summed E-state index contributed by atoms with van der Waals surface area (Å²) >= 11 is 1.38. The van der Waals surface area contributed by atoms with E-state index in [1.54, 1.807) is 11.7 Å². The second-order valence-corrected chi connectivity index (χ2v) is 6.77. The van der Waals surface area contributed by atoms with Gasteiger partial charge in [-0.3, -0.25) is 9.36 Å². The lowest BCUT2D eigenvalue weighted by Crippen LogP contribution is -2.13. The molecule has 9 heteroatoms. The fourth-order valence-electron chi connectivity index (χ4n) is 2.54. The van der Waals surface area contributed by atoms with Gasteiger partial charge in [0.2, 0.25) is 0 Å². The van der Waals surface area contributed by atoms with Crippen LogP contribution in [-0.2, 0) is 23.5 Å². The molecule has 0 spiro atoms. The predicted octanol–water partition coefficient (Wildman–Crippen LogP) is 3.27. The molecule has 27 heavy (non-hydrogen) atoms. The average molecular weight is 388 g/mol. The van der Waals surface area contributed by atoms with Crippen LogP contribution in [0.5, 0.6) is 5.75 Å². The van der Waals surface area contributed by atoms with E-state index in [-0.39, 0.29) is 6.54 Å². The van der Waals surface area contributed by atoms with Crippen LogP contribution in [0.3, 0.4) is 0 Å². The van der Waals surface area contributed by atoms with Gasteiger partial charge in [-0.1, -0.05) is 23.8 Å². The molecule has 0 bridgehead atoms. The van der Waals surface area contributed by atoms with Crippen molar-refractivity contribution in [2.24, 2.45) is 0 Å². The minimum absolute atomic E-state index is 0.155. The van der Waals surface area contributed by atoms with Crippen molar-refractivity contribution in [1.29, 1.82) is 0 Å². The molecule has 0 aliphatic carbocycles. The molecule has 0 fully saturated rings. The first-order valence-corrected chi connectivity index (χ1v) is 9.46. The number of aryl methyl sites for hydroxylation is 1. The third-order valence-corrected chi connectivity index (χ3v) is 4.84. The van der Waals surface area contributed by atoms with Gasteiger partial charge in [0.1, 0.15) is 29.6 Å². The van der Waals surface area contributed by atoms with Gasteiger partial charge >= 0.3 is 5.97 Å². The fourth-order valence-corrected chi connectivity index (χ4v) is 3.37. The second kappa shape index (κ2) is 8.72. The average Bonchev–Trinajstić information content (AvgIpc) is 3.28. The Labute approximate surface area is 160 Å². The van der Waals surface area contributed by atoms with Crippen molar-refractivity contribution in [3.63, 3.8) is 0 Å². The lowest BCUT2D eigenvalue weighted by atomic mass is 10.1. The van der Waals surface area contributed by atoms with Crippen LogP contribution >= 0.6 is 11.8 Å². The number of thioether (sulfide) groups is 1. The van der Waals surface area contributed by atoms with Crippen molar-refractivity contribution in [2.45, 2.75) is 37.2 Å². The Balaban J connectivity index is 1.70. The van der Waals surface area contributed by atoms with Gasteiger partial charge in [0, 0.05) is 18.1 Å². The zero-order valence-electron chi connectivity index (χ0n) is 15.1. The monoisotopic (exact) mass is 388 g/mol. The molecule has 8 nitrogen and oxygen atoms in total. The number of aromatic nitrogens is 4. The number of aliphatic carboxylic acids is 1. The zero-order valence-corrected chi connectivity index (χ0v) is 15.9. The number of carboxylic acid groups (broad SMARTS) is 1. The number of carboxylic acids is 1. The molecule has 2 heterocycles. The van der Waals surface area contributed by atoms with Gasteiger partial charge in [-0.25, -0.2) is 0 Å². The van der Waals surface area contributed by atoms with Crippen molar-refractivity contribution in [1.82, 2.24) is 19.9 Å². The number of ether oxygens (including phenoxy) is 1. The SMILES string of the molecule is CCCc1nnc(SCc2cc(-c3ccc(OC)cc3)no2)n1CC(=O)O. The summed E-state index contributed by atoms with van der Waals surface area (Å²) in [6, 6.07) is 9.41. The molecule has 0 atom stereocenters. The molecule has 0 aliphatic heterocycles. The van der Waals surface area contributed by atoms with Gasteiger partial charge in [-0.15, -0.1) is 10.2 Å². The van der Waals surface area contributed by atoms with Crippen molar-refractivity contribution >= 4 is 17.7 Å². The quantitative estimate of drug-likeness (QED) is 0.557. The van der Waals surface area contributed by atoms with E-state index in [9.17, 15) is 4.79 Å². The summed E-state index contributed by atoms with van der Waals surface area (Å²) in [6.45, 7) is 1.86. The highest BCUT2D eigenvalue weighted by Gasteiger charge is 2.16. The van der Waals surface area contributed by atoms with E-state index in [4.69, 9.17) is 14.4 Å². The molecule has 0 saturated heterocycles. The fraction of sp³-hybridized carbons (Fsp3) is 0.333. The number of nitrogens with zero attached hydrogens (tertiary/aromatic N) is 4. The summed E-state index contributed by atoms with van der Waals surface area (Å²) in [7, 11) is 1.62. The van der Waals surface area contributed by atoms with Crippen LogP contribution < -0.4 is 4.74 Å². The molecule has 0 aliphatic rings. The molecule has 0 saturated carbocycles. The van der Waals surface area contributed by atoms with E-state index in [0.29, 0.717) is 28.9 Å². The maximum Gasteiger partial charge on any atom is 0.323 e. The van der Waals surface area contributed by atoms with E-state index in [1.165, 1.54) is 11.8 Å². The summed E-state index contributed by atoms with van der Waals surface area (Å²) in [5.41, 5.74) is 1.65. The van der Waals surface area contributed by atoms with E-state index in [2.05, 4.69) is 15.4 Å². The van der Waals surface area contributed by atoms with Crippen LogP contribution in [-0.4, -0.2) is 38.1 Å². The Morgan fingerprint density at radius 3 is 2.74 bits per heavy atom. The van der Waals surface area contributed by atoms with E-state index < -0.39 is 5.97 Å². The van der Waals surface area contributed by atoms with Gasteiger partial charge in [0.15, 0.2) is 5.16 Å². The summed E-state index contributed by atoms with van der Waals surface area (Å²) in [5.74, 6) is 1.69. The predicted molar refractivity (Wildman–Crippen MR) is 99.7 cm³/mol. The number of hydrogen-bond acceptors (Lipinski definition) is 7. The normalized spacial score (nSPS) is 10.9. The summed E-state index contributed by atoms with van der Waals surface area (Å²) in [4.78, 5) is 11.1. The van der Waals surface area contributed by atoms with Crippen LogP contribution in [0.15, 0.2) is 40.0 Å². The topological polar surface area (TPSA) is 103 Å². The van der Waals surface area contributed by atoms with Crippen LogP contribution in [0, 0.1) is 0 Å². The van der Waals surface area contributed by atoms with Gasteiger partial charge in [-0.2, -0.15) is 0 Å². The van der Waals surface area contributed by atoms with E-state index in [0.717, 1.165) is 23.4 Å². The summed E-state index contributed by atoms with van der Waals surface area (Å²) < 4.78 is 12.2. The van der Waals surface area contributed by atoms with Crippen molar-refractivity contribution in [2.75, 3.05) is 7.11 Å². The first-order chi connectivity index (χ1) is 13.1. The molecule has 3 aromatic rings. The molecule has 142 valence electrons. The largest absolute Gasteiger partial charge is 0.497 e. The second-order valence-electron chi connectivity index (χ2n) is 5.82. The zero-order chi connectivity index (χ0) is 19.2. The van der Waals surface area contributed by atoms with Crippen LogP contribution in [0.2, 0.25) is 0 Å². The Bertz CT molecular complexity index is 904. The van der Waals surface area contributed by atoms with Crippen LogP contribution in [0.25, 0.3) is 11.3 Å². The molecule has 0 unspecified atom stereocenters. The Morgan fingerprint density at radius 1 is 1.30 bits per heavy atom. The highest BCUT2D eigenvalue weighted by atomic mass is 32.2. The van der Waals surface area contributed by atoms with Gasteiger partial charge < -0.3 is 14.4 Å². The number of hydrogen-bond donors (Lipinski definition) is 1. The molecule has 1 N–H and O–H groups in total.